The molecule has 19 heavy (non-hydrogen) atoms. The van der Waals surface area contributed by atoms with Gasteiger partial charge in [-0.3, -0.25) is 0 Å². The molecule has 0 amide bonds. The fourth-order valence-corrected chi connectivity index (χ4v) is 2.12. The number of rotatable bonds is 4. The summed E-state index contributed by atoms with van der Waals surface area (Å²) in [7, 11) is 0. The van der Waals surface area contributed by atoms with E-state index in [2.05, 4.69) is 5.32 Å². The second kappa shape index (κ2) is 5.18. The van der Waals surface area contributed by atoms with Gasteiger partial charge in [0.05, 0.1) is 11.6 Å². The molecule has 1 aromatic carbocycles. The molecule has 0 saturated carbocycles. The number of anilines is 1. The van der Waals surface area contributed by atoms with Crippen molar-refractivity contribution in [2.24, 2.45) is 0 Å². The Morgan fingerprint density at radius 1 is 1.26 bits per heavy atom. The zero-order valence-corrected chi connectivity index (χ0v) is 11.2. The number of carboxylic acids is 1. The molecule has 2 N–H and O–H groups in total. The fourth-order valence-electron chi connectivity index (χ4n) is 2.12. The molecule has 1 unspecified atom stereocenters. The number of furan rings is 1. The van der Waals surface area contributed by atoms with Crippen molar-refractivity contribution in [3.05, 3.63) is 53.0 Å². The summed E-state index contributed by atoms with van der Waals surface area (Å²) < 4.78 is 5.51. The first-order valence-electron chi connectivity index (χ1n) is 6.14. The maximum absolute atomic E-state index is 10.8. The molecule has 0 aliphatic rings. The molecule has 4 heteroatoms. The summed E-state index contributed by atoms with van der Waals surface area (Å²) in [6, 6.07) is 8.83. The molecule has 2 aromatic rings. The SMILES string of the molecule is Cc1cc(C(C)Nc2ccc(C(=O)O)cc2)c(C)o1. The molecular formula is C15H17NO3. The van der Waals surface area contributed by atoms with Crippen molar-refractivity contribution in [3.63, 3.8) is 0 Å². The van der Waals surface area contributed by atoms with Gasteiger partial charge in [-0.1, -0.05) is 0 Å². The lowest BCUT2D eigenvalue weighted by atomic mass is 10.1. The first-order chi connectivity index (χ1) is 8.97. The smallest absolute Gasteiger partial charge is 0.335 e. The van der Waals surface area contributed by atoms with Crippen LogP contribution in [0.2, 0.25) is 0 Å². The van der Waals surface area contributed by atoms with E-state index in [-0.39, 0.29) is 11.6 Å². The Morgan fingerprint density at radius 2 is 1.89 bits per heavy atom. The molecule has 2 rings (SSSR count). The number of aromatic carboxylic acids is 1. The average molecular weight is 259 g/mol. The molecule has 0 spiro atoms. The number of aryl methyl sites for hydroxylation is 2. The highest BCUT2D eigenvalue weighted by molar-refractivity contribution is 5.88. The molecule has 100 valence electrons. The van der Waals surface area contributed by atoms with E-state index in [0.717, 1.165) is 22.8 Å². The van der Waals surface area contributed by atoms with Crippen molar-refractivity contribution in [1.29, 1.82) is 0 Å². The van der Waals surface area contributed by atoms with Crippen molar-refractivity contribution in [3.8, 4) is 0 Å². The Morgan fingerprint density at radius 3 is 2.37 bits per heavy atom. The van der Waals surface area contributed by atoms with E-state index < -0.39 is 5.97 Å². The lowest BCUT2D eigenvalue weighted by Crippen LogP contribution is -2.07. The number of carbonyl (C=O) groups is 1. The molecule has 0 aliphatic carbocycles. The van der Waals surface area contributed by atoms with Crippen LogP contribution in [0.1, 0.15) is 40.4 Å². The molecule has 0 fully saturated rings. The van der Waals surface area contributed by atoms with Crippen LogP contribution < -0.4 is 5.32 Å². The molecule has 1 aromatic heterocycles. The zero-order chi connectivity index (χ0) is 14.0. The number of hydrogen-bond donors (Lipinski definition) is 2. The number of nitrogens with one attached hydrogen (secondary N) is 1. The maximum atomic E-state index is 10.8. The number of hydrogen-bond acceptors (Lipinski definition) is 3. The minimum atomic E-state index is -0.916. The molecule has 0 bridgehead atoms. The summed E-state index contributed by atoms with van der Waals surface area (Å²) in [5.74, 6) is 0.878. The quantitative estimate of drug-likeness (QED) is 0.877. The van der Waals surface area contributed by atoms with Crippen LogP contribution in [-0.2, 0) is 0 Å². The zero-order valence-electron chi connectivity index (χ0n) is 11.2. The third-order valence-corrected chi connectivity index (χ3v) is 3.06. The van der Waals surface area contributed by atoms with Crippen molar-refractivity contribution >= 4 is 11.7 Å². The molecule has 0 saturated heterocycles. The molecule has 4 nitrogen and oxygen atoms in total. The van der Waals surface area contributed by atoms with E-state index >= 15 is 0 Å². The third kappa shape index (κ3) is 2.96. The molecule has 1 heterocycles. The fraction of sp³-hybridized carbons (Fsp3) is 0.267. The first-order valence-corrected chi connectivity index (χ1v) is 6.14. The van der Waals surface area contributed by atoms with Gasteiger partial charge in [-0.2, -0.15) is 0 Å². The van der Waals surface area contributed by atoms with Gasteiger partial charge < -0.3 is 14.8 Å². The van der Waals surface area contributed by atoms with E-state index in [0.29, 0.717) is 0 Å². The highest BCUT2D eigenvalue weighted by Crippen LogP contribution is 2.24. The van der Waals surface area contributed by atoms with E-state index in [1.54, 1.807) is 24.3 Å². The first kappa shape index (κ1) is 13.2. The van der Waals surface area contributed by atoms with Crippen LogP contribution in [0, 0.1) is 13.8 Å². The summed E-state index contributed by atoms with van der Waals surface area (Å²) in [6.45, 7) is 5.90. The Kier molecular flexibility index (Phi) is 3.60. The highest BCUT2D eigenvalue weighted by atomic mass is 16.4. The topological polar surface area (TPSA) is 62.5 Å². The van der Waals surface area contributed by atoms with Crippen molar-refractivity contribution in [2.75, 3.05) is 5.32 Å². The molecule has 1 atom stereocenters. The highest BCUT2D eigenvalue weighted by Gasteiger charge is 2.12. The van der Waals surface area contributed by atoms with Gasteiger partial charge in [-0.15, -0.1) is 0 Å². The largest absolute Gasteiger partial charge is 0.478 e. The van der Waals surface area contributed by atoms with Gasteiger partial charge in [0.1, 0.15) is 11.5 Å². The second-order valence-electron chi connectivity index (χ2n) is 4.62. The Bertz CT molecular complexity index is 584. The van der Waals surface area contributed by atoms with E-state index in [1.165, 1.54) is 0 Å². The van der Waals surface area contributed by atoms with Crippen LogP contribution in [0.25, 0.3) is 0 Å². The van der Waals surface area contributed by atoms with Crippen LogP contribution in [0.3, 0.4) is 0 Å². The maximum Gasteiger partial charge on any atom is 0.335 e. The number of carboxylic acid groups (broad SMARTS) is 1. The van der Waals surface area contributed by atoms with Gasteiger partial charge in [0.2, 0.25) is 0 Å². The van der Waals surface area contributed by atoms with Crippen LogP contribution in [0.4, 0.5) is 5.69 Å². The van der Waals surface area contributed by atoms with Gasteiger partial charge in [-0.05, 0) is 51.1 Å². The van der Waals surface area contributed by atoms with Crippen molar-refractivity contribution in [1.82, 2.24) is 0 Å². The average Bonchev–Trinajstić information content (AvgIpc) is 2.69. The Labute approximate surface area is 112 Å². The van der Waals surface area contributed by atoms with Gasteiger partial charge >= 0.3 is 5.97 Å². The molecular weight excluding hydrogens is 242 g/mol. The van der Waals surface area contributed by atoms with Crippen LogP contribution in [0.15, 0.2) is 34.7 Å². The monoisotopic (exact) mass is 259 g/mol. The summed E-state index contributed by atoms with van der Waals surface area (Å²) in [4.78, 5) is 10.8. The van der Waals surface area contributed by atoms with E-state index in [4.69, 9.17) is 9.52 Å². The summed E-state index contributed by atoms with van der Waals surface area (Å²) >= 11 is 0. The molecule has 0 radical (unpaired) electrons. The van der Waals surface area contributed by atoms with Crippen molar-refractivity contribution < 1.29 is 14.3 Å². The van der Waals surface area contributed by atoms with Crippen LogP contribution in [-0.4, -0.2) is 11.1 Å². The van der Waals surface area contributed by atoms with Crippen LogP contribution in [0.5, 0.6) is 0 Å². The standard InChI is InChI=1S/C15H17NO3/c1-9-8-14(11(3)19-9)10(2)16-13-6-4-12(5-7-13)15(17)18/h4-8,10,16H,1-3H3,(H,17,18). The second-order valence-corrected chi connectivity index (χ2v) is 4.62. The lowest BCUT2D eigenvalue weighted by Gasteiger charge is -2.14. The van der Waals surface area contributed by atoms with E-state index in [9.17, 15) is 4.79 Å². The summed E-state index contributed by atoms with van der Waals surface area (Å²) in [6.07, 6.45) is 0. The third-order valence-electron chi connectivity index (χ3n) is 3.06. The lowest BCUT2D eigenvalue weighted by molar-refractivity contribution is 0.0697. The minimum Gasteiger partial charge on any atom is -0.478 e. The van der Waals surface area contributed by atoms with Crippen molar-refractivity contribution in [2.45, 2.75) is 26.8 Å². The minimum absolute atomic E-state index is 0.105. The summed E-state index contributed by atoms with van der Waals surface area (Å²) in [5.41, 5.74) is 2.28. The van der Waals surface area contributed by atoms with Gasteiger partial charge in [0.25, 0.3) is 0 Å². The number of benzene rings is 1. The Balaban J connectivity index is 2.12. The predicted molar refractivity (Wildman–Crippen MR) is 73.6 cm³/mol. The van der Waals surface area contributed by atoms with Gasteiger partial charge in [0, 0.05) is 11.3 Å². The van der Waals surface area contributed by atoms with Crippen LogP contribution >= 0.6 is 0 Å². The predicted octanol–water partition coefficient (Wildman–Crippen LogP) is 3.77. The normalized spacial score (nSPS) is 12.2. The Hall–Kier alpha value is -2.23. The molecule has 0 aliphatic heterocycles. The van der Waals surface area contributed by atoms with Gasteiger partial charge in [-0.25, -0.2) is 4.79 Å². The van der Waals surface area contributed by atoms with Gasteiger partial charge in [0.15, 0.2) is 0 Å². The van der Waals surface area contributed by atoms with E-state index in [1.807, 2.05) is 26.8 Å². The summed E-state index contributed by atoms with van der Waals surface area (Å²) in [5, 5.41) is 12.2.